The van der Waals surface area contributed by atoms with Crippen LogP contribution in [0.3, 0.4) is 0 Å². The topological polar surface area (TPSA) is 80.7 Å². The van der Waals surface area contributed by atoms with E-state index in [2.05, 4.69) is 45.0 Å². The molecule has 4 aromatic rings. The summed E-state index contributed by atoms with van der Waals surface area (Å²) in [7, 11) is 0. The molecule has 38 heavy (non-hydrogen) atoms. The Morgan fingerprint density at radius 1 is 1.03 bits per heavy atom. The molecule has 1 saturated heterocycles. The maximum atomic E-state index is 11.5. The molecule has 8 nitrogen and oxygen atoms in total. The van der Waals surface area contributed by atoms with Gasteiger partial charge in [-0.2, -0.15) is 0 Å². The summed E-state index contributed by atoms with van der Waals surface area (Å²) in [5.41, 5.74) is 6.89. The molecule has 1 fully saturated rings. The van der Waals surface area contributed by atoms with Crippen molar-refractivity contribution < 1.29 is 14.3 Å². The molecule has 0 spiro atoms. The van der Waals surface area contributed by atoms with Crippen LogP contribution in [0, 0.1) is 13.8 Å². The lowest BCUT2D eigenvalue weighted by atomic mass is 9.96. The van der Waals surface area contributed by atoms with E-state index in [9.17, 15) is 4.79 Å². The van der Waals surface area contributed by atoms with Gasteiger partial charge in [0.2, 0.25) is 12.7 Å². The Balaban J connectivity index is 1.46. The fraction of sp³-hybridized carbons (Fsp3) is 0.207. The van der Waals surface area contributed by atoms with Gasteiger partial charge < -0.3 is 29.6 Å². The molecule has 0 radical (unpaired) electrons. The van der Waals surface area contributed by atoms with Crippen LogP contribution in [0.15, 0.2) is 72.9 Å². The van der Waals surface area contributed by atoms with E-state index in [1.165, 1.54) is 6.92 Å². The number of aryl methyl sites for hydroxylation is 1. The Morgan fingerprint density at radius 3 is 2.53 bits per heavy atom. The number of aromatic nitrogens is 2. The first-order valence-electron chi connectivity index (χ1n) is 12.4. The molecular formula is C29H27N5O3S. The average molecular weight is 526 g/mol. The van der Waals surface area contributed by atoms with Gasteiger partial charge in [-0.3, -0.25) is 9.78 Å². The number of thiocarbonyl (C=S) groups is 1. The van der Waals surface area contributed by atoms with Crippen LogP contribution in [0.4, 0.5) is 11.4 Å². The summed E-state index contributed by atoms with van der Waals surface area (Å²) < 4.78 is 13.4. The number of fused-ring (bicyclic) bond motifs is 1. The number of nitrogens with zero attached hydrogens (tertiary/aromatic N) is 3. The Bertz CT molecular complexity index is 1530. The smallest absolute Gasteiger partial charge is 0.231 e. The van der Waals surface area contributed by atoms with Crippen LogP contribution in [0.25, 0.3) is 5.69 Å². The number of hydrogen-bond donors (Lipinski definition) is 2. The van der Waals surface area contributed by atoms with Crippen molar-refractivity contribution in [2.24, 2.45) is 0 Å². The molecule has 2 aliphatic rings. The minimum atomic E-state index is -0.163. The highest BCUT2D eigenvalue weighted by Gasteiger charge is 2.42. The second-order valence-electron chi connectivity index (χ2n) is 9.42. The van der Waals surface area contributed by atoms with Crippen molar-refractivity contribution in [2.45, 2.75) is 32.9 Å². The van der Waals surface area contributed by atoms with E-state index in [0.717, 1.165) is 51.2 Å². The van der Waals surface area contributed by atoms with Gasteiger partial charge in [-0.25, -0.2) is 0 Å². The molecule has 0 unspecified atom stereocenters. The molecule has 6 rings (SSSR count). The molecule has 0 saturated carbocycles. The molecule has 2 atom stereocenters. The first kappa shape index (κ1) is 24.0. The van der Waals surface area contributed by atoms with Gasteiger partial charge in [0.1, 0.15) is 0 Å². The van der Waals surface area contributed by atoms with E-state index in [1.807, 2.05) is 60.7 Å². The van der Waals surface area contributed by atoms with Crippen LogP contribution in [0.1, 0.15) is 41.7 Å². The third-order valence-corrected chi connectivity index (χ3v) is 7.28. The SMILES string of the molecule is CC(=O)Nc1ccc(N2C(=S)N[C@H](c3ccccn3)[C@H]2c2cc(C)n(-c3ccc4c(c3)OCO4)c2C)cc1. The molecule has 4 heterocycles. The number of anilines is 2. The number of nitrogens with one attached hydrogen (secondary N) is 2. The average Bonchev–Trinajstić information content (AvgIpc) is 3.59. The zero-order valence-corrected chi connectivity index (χ0v) is 22.1. The predicted octanol–water partition coefficient (Wildman–Crippen LogP) is 5.35. The van der Waals surface area contributed by atoms with Crippen molar-refractivity contribution in [2.75, 3.05) is 17.0 Å². The number of carbonyl (C=O) groups excluding carboxylic acids is 1. The van der Waals surface area contributed by atoms with E-state index >= 15 is 0 Å². The Labute approximate surface area is 226 Å². The number of carbonyl (C=O) groups is 1. The molecule has 0 aliphatic carbocycles. The van der Waals surface area contributed by atoms with Crippen LogP contribution in [0.2, 0.25) is 0 Å². The van der Waals surface area contributed by atoms with Crippen molar-refractivity contribution in [3.05, 3.63) is 95.6 Å². The molecule has 192 valence electrons. The lowest BCUT2D eigenvalue weighted by molar-refractivity contribution is -0.114. The highest BCUT2D eigenvalue weighted by Crippen LogP contribution is 2.44. The highest BCUT2D eigenvalue weighted by molar-refractivity contribution is 7.80. The van der Waals surface area contributed by atoms with Crippen LogP contribution < -0.4 is 25.0 Å². The summed E-state index contributed by atoms with van der Waals surface area (Å²) in [5, 5.41) is 6.97. The molecule has 0 bridgehead atoms. The zero-order valence-electron chi connectivity index (χ0n) is 21.3. The van der Waals surface area contributed by atoms with E-state index in [1.54, 1.807) is 6.20 Å². The number of rotatable bonds is 5. The van der Waals surface area contributed by atoms with Gasteiger partial charge in [0.15, 0.2) is 16.6 Å². The predicted molar refractivity (Wildman–Crippen MR) is 150 cm³/mol. The van der Waals surface area contributed by atoms with Crippen LogP contribution in [0.5, 0.6) is 11.5 Å². The summed E-state index contributed by atoms with van der Waals surface area (Å²) in [6.45, 7) is 5.96. The van der Waals surface area contributed by atoms with E-state index in [4.69, 9.17) is 21.7 Å². The number of hydrogen-bond acceptors (Lipinski definition) is 5. The largest absolute Gasteiger partial charge is 0.454 e. The number of ether oxygens (including phenoxy) is 2. The monoisotopic (exact) mass is 525 g/mol. The molecule has 9 heteroatoms. The summed E-state index contributed by atoms with van der Waals surface area (Å²) in [6, 6.07) is 21.6. The standard InChI is InChI=1S/C29H27N5O3S/c1-17-14-23(18(2)33(17)22-11-12-25-26(15-22)37-16-36-25)28-27(24-6-4-5-13-30-24)32-29(38)34(28)21-9-7-20(8-10-21)31-19(3)35/h4-15,27-28H,16H2,1-3H3,(H,31,35)(H,32,38)/t27-,28-/m1/s1. The quantitative estimate of drug-likeness (QED) is 0.340. The van der Waals surface area contributed by atoms with Gasteiger partial charge >= 0.3 is 0 Å². The summed E-state index contributed by atoms with van der Waals surface area (Å²) in [4.78, 5) is 18.3. The van der Waals surface area contributed by atoms with E-state index in [0.29, 0.717) is 5.11 Å². The Hall–Kier alpha value is -4.37. The summed E-state index contributed by atoms with van der Waals surface area (Å²) in [5.74, 6) is 1.39. The minimum absolute atomic E-state index is 0.111. The van der Waals surface area contributed by atoms with Crippen molar-refractivity contribution in [3.63, 3.8) is 0 Å². The van der Waals surface area contributed by atoms with Gasteiger partial charge in [-0.05, 0) is 86.2 Å². The summed E-state index contributed by atoms with van der Waals surface area (Å²) in [6.07, 6.45) is 1.80. The number of amides is 1. The zero-order chi connectivity index (χ0) is 26.4. The van der Waals surface area contributed by atoms with Gasteiger partial charge in [0, 0.05) is 47.6 Å². The van der Waals surface area contributed by atoms with Crippen LogP contribution >= 0.6 is 12.2 Å². The first-order valence-corrected chi connectivity index (χ1v) is 12.8. The highest BCUT2D eigenvalue weighted by atomic mass is 32.1. The summed E-state index contributed by atoms with van der Waals surface area (Å²) >= 11 is 5.89. The van der Waals surface area contributed by atoms with Crippen LogP contribution in [-0.2, 0) is 4.79 Å². The second-order valence-corrected chi connectivity index (χ2v) is 9.81. The number of benzene rings is 2. The second kappa shape index (κ2) is 9.50. The van der Waals surface area contributed by atoms with Crippen molar-refractivity contribution in [1.82, 2.24) is 14.9 Å². The molecule has 2 aromatic heterocycles. The minimum Gasteiger partial charge on any atom is -0.454 e. The van der Waals surface area contributed by atoms with Gasteiger partial charge in [-0.15, -0.1) is 0 Å². The van der Waals surface area contributed by atoms with Crippen molar-refractivity contribution in [3.8, 4) is 17.2 Å². The fourth-order valence-electron chi connectivity index (χ4n) is 5.37. The Morgan fingerprint density at radius 2 is 1.79 bits per heavy atom. The van der Waals surface area contributed by atoms with E-state index in [-0.39, 0.29) is 24.8 Å². The van der Waals surface area contributed by atoms with Crippen molar-refractivity contribution >= 4 is 34.6 Å². The molecule has 1 amide bonds. The van der Waals surface area contributed by atoms with E-state index < -0.39 is 0 Å². The van der Waals surface area contributed by atoms with Gasteiger partial charge in [0.05, 0.1) is 17.8 Å². The maximum absolute atomic E-state index is 11.5. The third kappa shape index (κ3) is 4.14. The van der Waals surface area contributed by atoms with Gasteiger partial charge in [0.25, 0.3) is 0 Å². The first-order chi connectivity index (χ1) is 18.4. The van der Waals surface area contributed by atoms with Crippen LogP contribution in [-0.4, -0.2) is 27.4 Å². The lowest BCUT2D eigenvalue weighted by Crippen LogP contribution is -2.29. The normalized spacial score (nSPS) is 18.0. The maximum Gasteiger partial charge on any atom is 0.231 e. The van der Waals surface area contributed by atoms with Crippen molar-refractivity contribution in [1.29, 1.82) is 0 Å². The number of pyridine rings is 1. The molecule has 2 aromatic carbocycles. The fourth-order valence-corrected chi connectivity index (χ4v) is 5.71. The molecule has 2 aliphatic heterocycles. The lowest BCUT2D eigenvalue weighted by Gasteiger charge is -2.28. The van der Waals surface area contributed by atoms with Gasteiger partial charge in [-0.1, -0.05) is 6.07 Å². The Kier molecular flexibility index (Phi) is 6.00. The third-order valence-electron chi connectivity index (χ3n) is 6.97. The molecular weight excluding hydrogens is 498 g/mol. The molecule has 2 N–H and O–H groups in total.